The van der Waals surface area contributed by atoms with Crippen LogP contribution in [0.2, 0.25) is 0 Å². The van der Waals surface area contributed by atoms with Gasteiger partial charge < -0.3 is 25.0 Å². The van der Waals surface area contributed by atoms with Gasteiger partial charge >= 0.3 is 12.1 Å². The molecule has 3 aromatic rings. The highest BCUT2D eigenvalue weighted by molar-refractivity contribution is 6.05. The molecule has 0 saturated heterocycles. The number of carbonyl (C=O) groups excluding carboxylic acids is 1. The van der Waals surface area contributed by atoms with Crippen LogP contribution in [-0.2, 0) is 22.3 Å². The zero-order valence-corrected chi connectivity index (χ0v) is 23.5. The molecule has 2 unspecified atom stereocenters. The molecule has 7 rings (SSSR count). The number of alkyl halides is 3. The Bertz CT molecular complexity index is 1510. The first-order valence-corrected chi connectivity index (χ1v) is 14.6. The molecule has 4 saturated carbocycles. The number of carboxylic acids is 1. The van der Waals surface area contributed by atoms with E-state index < -0.39 is 40.7 Å². The summed E-state index contributed by atoms with van der Waals surface area (Å²) in [7, 11) is 0. The molecular weight excluding hydrogens is 563 g/mol. The van der Waals surface area contributed by atoms with Gasteiger partial charge in [-0.15, -0.1) is 0 Å². The fourth-order valence-electron chi connectivity index (χ4n) is 8.23. The van der Waals surface area contributed by atoms with Crippen LogP contribution in [0.15, 0.2) is 60.7 Å². The third-order valence-corrected chi connectivity index (χ3v) is 9.48. The smallest absolute Gasteiger partial charge is 0.416 e. The van der Waals surface area contributed by atoms with Gasteiger partial charge in [-0.25, -0.2) is 4.79 Å². The van der Waals surface area contributed by atoms with Gasteiger partial charge in [-0.2, -0.15) is 13.2 Å². The van der Waals surface area contributed by atoms with E-state index in [9.17, 15) is 33.0 Å². The summed E-state index contributed by atoms with van der Waals surface area (Å²) in [6.45, 7) is -0.0104. The van der Waals surface area contributed by atoms with Crippen molar-refractivity contribution in [1.82, 2.24) is 5.32 Å². The van der Waals surface area contributed by atoms with Gasteiger partial charge in [0.25, 0.3) is 5.91 Å². The zero-order chi connectivity index (χ0) is 30.4. The van der Waals surface area contributed by atoms with Crippen LogP contribution in [-0.4, -0.2) is 46.9 Å². The topological polar surface area (TPSA) is 105 Å². The maximum Gasteiger partial charge on any atom is 0.416 e. The summed E-state index contributed by atoms with van der Waals surface area (Å²) in [5, 5.41) is 24.1. The van der Waals surface area contributed by atoms with Crippen LogP contribution in [0.5, 0.6) is 5.75 Å². The van der Waals surface area contributed by atoms with E-state index in [1.54, 1.807) is 24.3 Å². The predicted molar refractivity (Wildman–Crippen MR) is 151 cm³/mol. The predicted octanol–water partition coefficient (Wildman–Crippen LogP) is 5.97. The van der Waals surface area contributed by atoms with E-state index in [-0.39, 0.29) is 31.1 Å². The summed E-state index contributed by atoms with van der Waals surface area (Å²) in [5.74, 6) is -0.890. The van der Waals surface area contributed by atoms with Crippen molar-refractivity contribution in [3.8, 4) is 5.75 Å². The van der Waals surface area contributed by atoms with E-state index in [4.69, 9.17) is 9.47 Å². The average Bonchev–Trinajstić information content (AvgIpc) is 2.96. The van der Waals surface area contributed by atoms with Crippen molar-refractivity contribution < 1.29 is 42.4 Å². The largest absolute Gasteiger partial charge is 0.487 e. The number of halogens is 3. The molecule has 4 aliphatic rings. The standard InChI is InChI=1S/C33H34F3NO6/c34-33(35,36)24-8-5-20(6-9-24)18-42-27-25-4-2-1-3-23(25)7-10-26(27)29(39)37-28(30(40)41)31-14-21-13-22(15-31)17-32(16-21,19-31)43-12-11-38/h1-10,21-22,28,38H,11-19H2,(H,37,39)(H,40,41)/t21?,22?,28-,31?,32?/m1/s1. The first-order valence-electron chi connectivity index (χ1n) is 14.6. The Balaban J connectivity index is 1.28. The maximum atomic E-state index is 13.9. The van der Waals surface area contributed by atoms with Gasteiger partial charge in [0, 0.05) is 10.8 Å². The second kappa shape index (κ2) is 11.1. The summed E-state index contributed by atoms with van der Waals surface area (Å²) < 4.78 is 51.3. The van der Waals surface area contributed by atoms with Crippen molar-refractivity contribution in [1.29, 1.82) is 0 Å². The highest BCUT2D eigenvalue weighted by Gasteiger charge is 2.62. The molecular formula is C33H34F3NO6. The van der Waals surface area contributed by atoms with Crippen molar-refractivity contribution in [2.75, 3.05) is 13.2 Å². The van der Waals surface area contributed by atoms with E-state index in [0.29, 0.717) is 42.0 Å². The van der Waals surface area contributed by atoms with Crippen LogP contribution in [0.25, 0.3) is 10.8 Å². The van der Waals surface area contributed by atoms with Crippen molar-refractivity contribution in [3.63, 3.8) is 0 Å². The minimum Gasteiger partial charge on any atom is -0.487 e. The number of amides is 1. The molecule has 7 nitrogen and oxygen atoms in total. The molecule has 0 heterocycles. The Morgan fingerprint density at radius 1 is 0.977 bits per heavy atom. The second-order valence-electron chi connectivity index (χ2n) is 12.5. The van der Waals surface area contributed by atoms with Crippen LogP contribution in [0, 0.1) is 17.3 Å². The lowest BCUT2D eigenvalue weighted by Gasteiger charge is -2.63. The van der Waals surface area contributed by atoms with Crippen LogP contribution >= 0.6 is 0 Å². The lowest BCUT2D eigenvalue weighted by Crippen LogP contribution is -2.65. The van der Waals surface area contributed by atoms with E-state index in [2.05, 4.69) is 5.32 Å². The number of aliphatic carboxylic acids is 1. The molecule has 10 heteroatoms. The normalized spacial score (nSPS) is 26.8. The van der Waals surface area contributed by atoms with E-state index >= 15 is 0 Å². The molecule has 3 N–H and O–H groups in total. The Kier molecular flexibility index (Phi) is 7.62. The Morgan fingerprint density at radius 2 is 1.67 bits per heavy atom. The molecule has 3 atom stereocenters. The first kappa shape index (κ1) is 29.4. The number of nitrogens with one attached hydrogen (secondary N) is 1. The number of ether oxygens (including phenoxy) is 2. The summed E-state index contributed by atoms with van der Waals surface area (Å²) in [6.07, 6.45) is 0.0800. The summed E-state index contributed by atoms with van der Waals surface area (Å²) in [5.41, 5.74) is -1.32. The molecule has 3 aromatic carbocycles. The Hall–Kier alpha value is -3.63. The van der Waals surface area contributed by atoms with Crippen LogP contribution in [0.3, 0.4) is 0 Å². The van der Waals surface area contributed by atoms with Crippen LogP contribution < -0.4 is 10.1 Å². The molecule has 4 aliphatic carbocycles. The number of carbonyl (C=O) groups is 2. The van der Waals surface area contributed by atoms with Gasteiger partial charge in [0.05, 0.1) is 29.9 Å². The summed E-state index contributed by atoms with van der Waals surface area (Å²) in [4.78, 5) is 26.7. The van der Waals surface area contributed by atoms with Gasteiger partial charge in [-0.1, -0.05) is 42.5 Å². The fraction of sp³-hybridized carbons (Fsp3) is 0.455. The SMILES string of the molecule is O=C(N[C@H](C(=O)O)C12CC3CC(CC(OCCO)(C3)C1)C2)c1ccc2ccccc2c1OCc1ccc(C(F)(F)F)cc1. The highest BCUT2D eigenvalue weighted by Crippen LogP contribution is 2.64. The molecule has 0 radical (unpaired) electrons. The fourth-order valence-corrected chi connectivity index (χ4v) is 8.23. The van der Waals surface area contributed by atoms with Crippen LogP contribution in [0.1, 0.15) is 60.0 Å². The second-order valence-corrected chi connectivity index (χ2v) is 12.5. The van der Waals surface area contributed by atoms with Gasteiger partial charge in [-0.3, -0.25) is 4.79 Å². The molecule has 4 fully saturated rings. The van der Waals surface area contributed by atoms with Gasteiger partial charge in [0.15, 0.2) is 0 Å². The molecule has 0 aliphatic heterocycles. The number of rotatable bonds is 10. The van der Waals surface area contributed by atoms with Gasteiger partial charge in [0.1, 0.15) is 18.4 Å². The number of fused-ring (bicyclic) bond motifs is 1. The number of aliphatic hydroxyl groups is 1. The third-order valence-electron chi connectivity index (χ3n) is 9.48. The van der Waals surface area contributed by atoms with Crippen LogP contribution in [0.4, 0.5) is 13.2 Å². The Labute approximate surface area is 247 Å². The summed E-state index contributed by atoms with van der Waals surface area (Å²) >= 11 is 0. The molecule has 4 bridgehead atoms. The average molecular weight is 598 g/mol. The number of hydrogen-bond donors (Lipinski definition) is 3. The number of carboxylic acid groups (broad SMARTS) is 1. The highest BCUT2D eigenvalue weighted by atomic mass is 19.4. The molecule has 43 heavy (non-hydrogen) atoms. The lowest BCUT2D eigenvalue weighted by molar-refractivity contribution is -0.205. The minimum absolute atomic E-state index is 0.0905. The zero-order valence-electron chi connectivity index (χ0n) is 23.5. The van der Waals surface area contributed by atoms with Crippen molar-refractivity contribution in [2.45, 2.75) is 63.0 Å². The minimum atomic E-state index is -4.46. The number of benzene rings is 3. The van der Waals surface area contributed by atoms with Gasteiger partial charge in [0.2, 0.25) is 0 Å². The number of hydrogen-bond acceptors (Lipinski definition) is 5. The van der Waals surface area contributed by atoms with Crippen molar-refractivity contribution in [3.05, 3.63) is 77.4 Å². The maximum absolute atomic E-state index is 13.9. The van der Waals surface area contributed by atoms with Gasteiger partial charge in [-0.05, 0) is 79.5 Å². The molecule has 1 amide bonds. The summed E-state index contributed by atoms with van der Waals surface area (Å²) in [6, 6.07) is 14.1. The van der Waals surface area contributed by atoms with E-state index in [0.717, 1.165) is 36.8 Å². The monoisotopic (exact) mass is 597 g/mol. The molecule has 0 spiro atoms. The first-order chi connectivity index (χ1) is 20.5. The lowest BCUT2D eigenvalue weighted by atomic mass is 9.46. The van der Waals surface area contributed by atoms with E-state index in [1.165, 1.54) is 12.1 Å². The van der Waals surface area contributed by atoms with E-state index in [1.807, 2.05) is 12.1 Å². The number of aliphatic hydroxyl groups excluding tert-OH is 1. The van der Waals surface area contributed by atoms with Crippen molar-refractivity contribution >= 4 is 22.6 Å². The molecule has 0 aromatic heterocycles. The Morgan fingerprint density at radius 3 is 2.33 bits per heavy atom. The van der Waals surface area contributed by atoms with Crippen molar-refractivity contribution in [2.24, 2.45) is 17.3 Å². The quantitative estimate of drug-likeness (QED) is 0.266. The molecule has 228 valence electrons. The third kappa shape index (κ3) is 5.70.